The van der Waals surface area contributed by atoms with Crippen LogP contribution in [-0.4, -0.2) is 11.1 Å². The molecule has 0 aromatic heterocycles. The van der Waals surface area contributed by atoms with E-state index in [2.05, 4.69) is 31.3 Å². The zero-order valence-corrected chi connectivity index (χ0v) is 11.8. The van der Waals surface area contributed by atoms with E-state index in [-0.39, 0.29) is 6.04 Å². The Bertz CT molecular complexity index is 607. The molecular formula is C17H19NO2. The van der Waals surface area contributed by atoms with Crippen LogP contribution >= 0.6 is 0 Å². The topological polar surface area (TPSA) is 49.3 Å². The highest BCUT2D eigenvalue weighted by atomic mass is 16.4. The molecule has 1 atom stereocenters. The van der Waals surface area contributed by atoms with Crippen molar-refractivity contribution in [1.29, 1.82) is 0 Å². The van der Waals surface area contributed by atoms with Gasteiger partial charge in [-0.25, -0.2) is 4.79 Å². The molecule has 0 aliphatic heterocycles. The fourth-order valence-electron chi connectivity index (χ4n) is 2.27. The fourth-order valence-corrected chi connectivity index (χ4v) is 2.27. The maximum absolute atomic E-state index is 10.9. The molecule has 0 fully saturated rings. The lowest BCUT2D eigenvalue weighted by Gasteiger charge is -2.16. The third-order valence-electron chi connectivity index (χ3n) is 3.44. The largest absolute Gasteiger partial charge is 0.478 e. The molecule has 0 bridgehead atoms. The van der Waals surface area contributed by atoms with Gasteiger partial charge in [-0.3, -0.25) is 0 Å². The summed E-state index contributed by atoms with van der Waals surface area (Å²) >= 11 is 0. The number of carbonyl (C=O) groups is 1. The van der Waals surface area contributed by atoms with Crippen LogP contribution in [0.1, 0.15) is 40.0 Å². The number of aryl methyl sites for hydroxylation is 1. The second-order valence-electron chi connectivity index (χ2n) is 4.96. The average molecular weight is 269 g/mol. The minimum Gasteiger partial charge on any atom is -0.478 e. The van der Waals surface area contributed by atoms with Gasteiger partial charge in [-0.05, 0) is 42.7 Å². The summed E-state index contributed by atoms with van der Waals surface area (Å²) < 4.78 is 0. The van der Waals surface area contributed by atoms with Crippen molar-refractivity contribution < 1.29 is 9.90 Å². The number of rotatable bonds is 5. The first kappa shape index (κ1) is 14.3. The van der Waals surface area contributed by atoms with Crippen LogP contribution in [0.4, 0.5) is 0 Å². The van der Waals surface area contributed by atoms with Gasteiger partial charge < -0.3 is 10.4 Å². The predicted octanol–water partition coefficient (Wildman–Crippen LogP) is 3.54. The molecule has 2 aromatic rings. The molecule has 0 saturated heterocycles. The highest BCUT2D eigenvalue weighted by Gasteiger charge is 2.08. The standard InChI is InChI=1S/C17H19NO2/c1-12-6-3-4-9-16(12)13(2)18-11-14-7-5-8-15(10-14)17(19)20/h3-10,13,18H,11H2,1-2H3,(H,19,20)/t13-/m0/s1. The minimum absolute atomic E-state index is 0.227. The van der Waals surface area contributed by atoms with Crippen LogP contribution < -0.4 is 5.32 Å². The van der Waals surface area contributed by atoms with Gasteiger partial charge in [-0.15, -0.1) is 0 Å². The van der Waals surface area contributed by atoms with E-state index in [0.717, 1.165) is 5.56 Å². The van der Waals surface area contributed by atoms with E-state index in [0.29, 0.717) is 12.1 Å². The Hall–Kier alpha value is -2.13. The van der Waals surface area contributed by atoms with Crippen molar-refractivity contribution in [2.24, 2.45) is 0 Å². The molecule has 0 unspecified atom stereocenters. The summed E-state index contributed by atoms with van der Waals surface area (Å²) in [6.07, 6.45) is 0. The first-order valence-corrected chi connectivity index (χ1v) is 6.69. The summed E-state index contributed by atoms with van der Waals surface area (Å²) in [4.78, 5) is 10.9. The molecule has 2 aromatic carbocycles. The van der Waals surface area contributed by atoms with Crippen LogP contribution in [0.5, 0.6) is 0 Å². The Morgan fingerprint density at radius 2 is 1.95 bits per heavy atom. The molecule has 0 spiro atoms. The zero-order valence-electron chi connectivity index (χ0n) is 11.8. The van der Waals surface area contributed by atoms with Crippen molar-refractivity contribution in [1.82, 2.24) is 5.32 Å². The molecule has 0 aliphatic rings. The summed E-state index contributed by atoms with van der Waals surface area (Å²) in [5.41, 5.74) is 3.83. The number of nitrogens with one attached hydrogen (secondary N) is 1. The molecule has 0 radical (unpaired) electrons. The van der Waals surface area contributed by atoms with Crippen molar-refractivity contribution >= 4 is 5.97 Å². The van der Waals surface area contributed by atoms with Crippen LogP contribution in [0.2, 0.25) is 0 Å². The van der Waals surface area contributed by atoms with Crippen molar-refractivity contribution in [2.75, 3.05) is 0 Å². The second kappa shape index (κ2) is 6.35. The third kappa shape index (κ3) is 3.45. The molecule has 2 N–H and O–H groups in total. The van der Waals surface area contributed by atoms with Crippen molar-refractivity contribution in [2.45, 2.75) is 26.4 Å². The minimum atomic E-state index is -0.890. The SMILES string of the molecule is Cc1ccccc1[C@H](C)NCc1cccc(C(=O)O)c1. The quantitative estimate of drug-likeness (QED) is 0.872. The van der Waals surface area contributed by atoms with Crippen LogP contribution in [0.25, 0.3) is 0 Å². The molecule has 0 amide bonds. The van der Waals surface area contributed by atoms with E-state index < -0.39 is 5.97 Å². The van der Waals surface area contributed by atoms with Crippen LogP contribution in [0.15, 0.2) is 48.5 Å². The van der Waals surface area contributed by atoms with E-state index >= 15 is 0 Å². The van der Waals surface area contributed by atoms with Crippen molar-refractivity contribution in [3.8, 4) is 0 Å². The smallest absolute Gasteiger partial charge is 0.335 e. The van der Waals surface area contributed by atoms with Gasteiger partial charge in [0.05, 0.1) is 5.56 Å². The number of carboxylic acid groups (broad SMARTS) is 1. The van der Waals surface area contributed by atoms with E-state index in [9.17, 15) is 4.79 Å². The summed E-state index contributed by atoms with van der Waals surface area (Å²) in [5, 5.41) is 12.4. The van der Waals surface area contributed by atoms with E-state index in [4.69, 9.17) is 5.11 Å². The number of carboxylic acids is 1. The molecule has 3 nitrogen and oxygen atoms in total. The lowest BCUT2D eigenvalue weighted by atomic mass is 10.0. The number of hydrogen-bond donors (Lipinski definition) is 2. The summed E-state index contributed by atoms with van der Waals surface area (Å²) in [5.74, 6) is -0.890. The summed E-state index contributed by atoms with van der Waals surface area (Å²) in [6, 6.07) is 15.5. The van der Waals surface area contributed by atoms with Gasteiger partial charge in [0, 0.05) is 12.6 Å². The zero-order chi connectivity index (χ0) is 14.5. The Kier molecular flexibility index (Phi) is 4.53. The number of benzene rings is 2. The Morgan fingerprint density at radius 3 is 2.65 bits per heavy atom. The van der Waals surface area contributed by atoms with E-state index in [1.165, 1.54) is 11.1 Å². The van der Waals surface area contributed by atoms with E-state index in [1.807, 2.05) is 18.2 Å². The number of aromatic carboxylic acids is 1. The highest BCUT2D eigenvalue weighted by Crippen LogP contribution is 2.17. The van der Waals surface area contributed by atoms with Crippen LogP contribution in [-0.2, 0) is 6.54 Å². The van der Waals surface area contributed by atoms with Crippen LogP contribution in [0, 0.1) is 6.92 Å². The van der Waals surface area contributed by atoms with Crippen molar-refractivity contribution in [3.05, 3.63) is 70.8 Å². The van der Waals surface area contributed by atoms with Gasteiger partial charge in [-0.2, -0.15) is 0 Å². The van der Waals surface area contributed by atoms with Crippen molar-refractivity contribution in [3.63, 3.8) is 0 Å². The molecule has 20 heavy (non-hydrogen) atoms. The first-order chi connectivity index (χ1) is 9.58. The maximum Gasteiger partial charge on any atom is 0.335 e. The van der Waals surface area contributed by atoms with Gasteiger partial charge in [0.25, 0.3) is 0 Å². The van der Waals surface area contributed by atoms with Gasteiger partial charge in [-0.1, -0.05) is 36.4 Å². The van der Waals surface area contributed by atoms with Gasteiger partial charge in [0.1, 0.15) is 0 Å². The molecule has 0 saturated carbocycles. The molecule has 3 heteroatoms. The summed E-state index contributed by atoms with van der Waals surface area (Å²) in [7, 11) is 0. The summed E-state index contributed by atoms with van der Waals surface area (Å²) in [6.45, 7) is 4.86. The molecule has 2 rings (SSSR count). The third-order valence-corrected chi connectivity index (χ3v) is 3.44. The average Bonchev–Trinajstić information content (AvgIpc) is 2.45. The lowest BCUT2D eigenvalue weighted by molar-refractivity contribution is 0.0696. The maximum atomic E-state index is 10.9. The number of hydrogen-bond acceptors (Lipinski definition) is 2. The molecule has 104 valence electrons. The fraction of sp³-hybridized carbons (Fsp3) is 0.235. The lowest BCUT2D eigenvalue weighted by Crippen LogP contribution is -2.19. The normalized spacial score (nSPS) is 12.1. The Labute approximate surface area is 119 Å². The Morgan fingerprint density at radius 1 is 1.20 bits per heavy atom. The van der Waals surface area contributed by atoms with Gasteiger partial charge in [0.15, 0.2) is 0 Å². The van der Waals surface area contributed by atoms with E-state index in [1.54, 1.807) is 18.2 Å². The molecule has 0 aliphatic carbocycles. The van der Waals surface area contributed by atoms with Gasteiger partial charge >= 0.3 is 5.97 Å². The van der Waals surface area contributed by atoms with Gasteiger partial charge in [0.2, 0.25) is 0 Å². The highest BCUT2D eigenvalue weighted by molar-refractivity contribution is 5.87. The van der Waals surface area contributed by atoms with Crippen LogP contribution in [0.3, 0.4) is 0 Å². The molecular weight excluding hydrogens is 250 g/mol. The Balaban J connectivity index is 2.04. The second-order valence-corrected chi connectivity index (χ2v) is 4.96. The monoisotopic (exact) mass is 269 g/mol. The first-order valence-electron chi connectivity index (χ1n) is 6.69. The predicted molar refractivity (Wildman–Crippen MR) is 79.8 cm³/mol. The molecule has 0 heterocycles.